The van der Waals surface area contributed by atoms with Crippen molar-refractivity contribution in [1.82, 2.24) is 0 Å². The third-order valence-electron chi connectivity index (χ3n) is 8.34. The lowest BCUT2D eigenvalue weighted by atomic mass is 9.84. The van der Waals surface area contributed by atoms with Crippen LogP contribution >= 0.6 is 11.3 Å². The first-order chi connectivity index (χ1) is 19.9. The van der Waals surface area contributed by atoms with Gasteiger partial charge in [0.1, 0.15) is 0 Å². The summed E-state index contributed by atoms with van der Waals surface area (Å²) in [6.45, 7) is 0. The molecule has 1 nitrogen and oxygen atoms in total. The quantitative estimate of drug-likeness (QED) is 0.204. The van der Waals surface area contributed by atoms with Crippen LogP contribution in [0.4, 0.5) is 0 Å². The van der Waals surface area contributed by atoms with Gasteiger partial charge in [0.05, 0.1) is 11.0 Å². The first-order valence-corrected chi connectivity index (χ1v) is 14.4. The van der Waals surface area contributed by atoms with E-state index in [1.807, 2.05) is 17.6 Å². The normalized spacial score (nSPS) is 12.0. The molecule has 0 N–H and O–H groups in total. The van der Waals surface area contributed by atoms with Crippen molar-refractivity contribution < 1.29 is 4.42 Å². The lowest BCUT2D eigenvalue weighted by Crippen LogP contribution is -1.92. The fraction of sp³-hybridized carbons (Fsp3) is 0. The third-order valence-corrected chi connectivity index (χ3v) is 9.53. The molecule has 0 aliphatic heterocycles. The Kier molecular flexibility index (Phi) is 4.55. The second kappa shape index (κ2) is 8.29. The van der Waals surface area contributed by atoms with Crippen LogP contribution in [0.25, 0.3) is 85.7 Å². The van der Waals surface area contributed by atoms with E-state index in [-0.39, 0.29) is 0 Å². The molecule has 0 radical (unpaired) electrons. The average Bonchev–Trinajstić information content (AvgIpc) is 3.65. The predicted molar refractivity (Wildman–Crippen MR) is 172 cm³/mol. The van der Waals surface area contributed by atoms with Crippen LogP contribution < -0.4 is 0 Å². The van der Waals surface area contributed by atoms with E-state index in [1.165, 1.54) is 74.7 Å². The minimum atomic E-state index is 0.972. The number of benzene rings is 7. The van der Waals surface area contributed by atoms with Gasteiger partial charge in [-0.25, -0.2) is 0 Å². The summed E-state index contributed by atoms with van der Waals surface area (Å²) in [6.07, 6.45) is 1.84. The highest BCUT2D eigenvalue weighted by molar-refractivity contribution is 7.26. The minimum Gasteiger partial charge on any atom is -0.463 e. The van der Waals surface area contributed by atoms with Crippen molar-refractivity contribution in [2.75, 3.05) is 0 Å². The summed E-state index contributed by atoms with van der Waals surface area (Å²) in [5.74, 6) is 0. The Hall–Kier alpha value is -4.92. The van der Waals surface area contributed by atoms with Crippen LogP contribution in [0.2, 0.25) is 0 Å². The van der Waals surface area contributed by atoms with Gasteiger partial charge in [-0.1, -0.05) is 109 Å². The monoisotopic (exact) mass is 526 g/mol. The summed E-state index contributed by atoms with van der Waals surface area (Å²) < 4.78 is 8.70. The van der Waals surface area contributed by atoms with Gasteiger partial charge in [-0.05, 0) is 72.8 Å². The summed E-state index contributed by atoms with van der Waals surface area (Å²) in [4.78, 5) is 0. The Balaban J connectivity index is 1.49. The highest BCUT2D eigenvalue weighted by Crippen LogP contribution is 2.49. The largest absolute Gasteiger partial charge is 0.463 e. The summed E-state index contributed by atoms with van der Waals surface area (Å²) in [6, 6.07) is 46.4. The third kappa shape index (κ3) is 2.97. The molecule has 2 heterocycles. The molecule has 0 unspecified atom stereocenters. The molecule has 0 amide bonds. The summed E-state index contributed by atoms with van der Waals surface area (Å²) in [5.41, 5.74) is 6.01. The van der Waals surface area contributed by atoms with Gasteiger partial charge < -0.3 is 4.42 Å². The van der Waals surface area contributed by atoms with Crippen LogP contribution in [-0.4, -0.2) is 0 Å². The number of rotatable bonds is 2. The molecule has 0 saturated heterocycles. The van der Waals surface area contributed by atoms with E-state index < -0.39 is 0 Å². The van der Waals surface area contributed by atoms with Gasteiger partial charge in [-0.15, -0.1) is 11.3 Å². The maximum absolute atomic E-state index is 6.20. The Morgan fingerprint density at radius 1 is 0.425 bits per heavy atom. The van der Waals surface area contributed by atoms with E-state index in [2.05, 4.69) is 127 Å². The van der Waals surface area contributed by atoms with Gasteiger partial charge in [0.25, 0.3) is 0 Å². The van der Waals surface area contributed by atoms with Gasteiger partial charge in [0.15, 0.2) is 5.58 Å². The first kappa shape index (κ1) is 22.0. The Morgan fingerprint density at radius 2 is 1.00 bits per heavy atom. The number of hydrogen-bond donors (Lipinski definition) is 0. The van der Waals surface area contributed by atoms with Crippen molar-refractivity contribution >= 4 is 74.8 Å². The standard InChI is InChI=1S/C38H22OS/c1-2-12-24-23(10-1)11-9-18-26(24)35-27-14-3-5-16-29(27)36(30-17-6-4-15-28(30)35)32-22-33-25-13-7-8-19-34(25)40-38(33)37-31(32)20-21-39-37/h1-22H. The first-order valence-electron chi connectivity index (χ1n) is 13.6. The molecular weight excluding hydrogens is 504 g/mol. The molecule has 7 aromatic carbocycles. The number of fused-ring (bicyclic) bond motifs is 8. The smallest absolute Gasteiger partial charge is 0.152 e. The molecule has 186 valence electrons. The minimum absolute atomic E-state index is 0.972. The molecule has 40 heavy (non-hydrogen) atoms. The van der Waals surface area contributed by atoms with Crippen LogP contribution in [0.1, 0.15) is 0 Å². The Morgan fingerprint density at radius 3 is 1.73 bits per heavy atom. The summed E-state index contributed by atoms with van der Waals surface area (Å²) >= 11 is 1.81. The van der Waals surface area contributed by atoms with E-state index in [0.717, 1.165) is 11.0 Å². The number of hydrogen-bond acceptors (Lipinski definition) is 2. The maximum Gasteiger partial charge on any atom is 0.152 e. The van der Waals surface area contributed by atoms with Crippen molar-refractivity contribution in [3.8, 4) is 22.3 Å². The molecular formula is C38H22OS. The second-order valence-corrected chi connectivity index (χ2v) is 11.5. The SMILES string of the molecule is c1ccc2c(-c3c4ccccc4c(-c4cc5c6ccccc6sc5c5occc45)c4ccccc34)cccc2c1. The highest BCUT2D eigenvalue weighted by atomic mass is 32.1. The molecule has 0 aliphatic carbocycles. The van der Waals surface area contributed by atoms with Crippen molar-refractivity contribution in [3.63, 3.8) is 0 Å². The average molecular weight is 527 g/mol. The lowest BCUT2D eigenvalue weighted by molar-refractivity contribution is 0.619. The van der Waals surface area contributed by atoms with Gasteiger partial charge in [0, 0.05) is 20.9 Å². The van der Waals surface area contributed by atoms with Gasteiger partial charge in [-0.2, -0.15) is 0 Å². The summed E-state index contributed by atoms with van der Waals surface area (Å²) in [7, 11) is 0. The van der Waals surface area contributed by atoms with Crippen molar-refractivity contribution in [3.05, 3.63) is 134 Å². The Bertz CT molecular complexity index is 2380. The molecule has 0 fully saturated rings. The molecule has 2 aromatic heterocycles. The van der Waals surface area contributed by atoms with Crippen LogP contribution in [0.3, 0.4) is 0 Å². The highest BCUT2D eigenvalue weighted by Gasteiger charge is 2.21. The molecule has 0 atom stereocenters. The zero-order valence-electron chi connectivity index (χ0n) is 21.5. The molecule has 9 rings (SSSR count). The lowest BCUT2D eigenvalue weighted by Gasteiger charge is -2.19. The zero-order chi connectivity index (χ0) is 26.2. The maximum atomic E-state index is 6.20. The Labute approximate surface area is 234 Å². The van der Waals surface area contributed by atoms with E-state index >= 15 is 0 Å². The summed E-state index contributed by atoms with van der Waals surface area (Å²) in [5, 5.41) is 11.3. The molecule has 0 aliphatic rings. The van der Waals surface area contributed by atoms with E-state index in [4.69, 9.17) is 4.42 Å². The van der Waals surface area contributed by atoms with Crippen LogP contribution in [0.15, 0.2) is 138 Å². The van der Waals surface area contributed by atoms with E-state index in [9.17, 15) is 0 Å². The number of furan rings is 1. The van der Waals surface area contributed by atoms with Crippen LogP contribution in [0, 0.1) is 0 Å². The van der Waals surface area contributed by atoms with E-state index in [0.29, 0.717) is 0 Å². The van der Waals surface area contributed by atoms with Crippen molar-refractivity contribution in [2.24, 2.45) is 0 Å². The van der Waals surface area contributed by atoms with Crippen LogP contribution in [-0.2, 0) is 0 Å². The zero-order valence-corrected chi connectivity index (χ0v) is 22.3. The van der Waals surface area contributed by atoms with Gasteiger partial charge in [0.2, 0.25) is 0 Å². The molecule has 9 aromatic rings. The van der Waals surface area contributed by atoms with Crippen molar-refractivity contribution in [2.45, 2.75) is 0 Å². The van der Waals surface area contributed by atoms with Gasteiger partial charge in [-0.3, -0.25) is 0 Å². The number of thiophene rings is 1. The fourth-order valence-corrected chi connectivity index (χ4v) is 7.84. The predicted octanol–water partition coefficient (Wildman–Crippen LogP) is 11.6. The van der Waals surface area contributed by atoms with Crippen molar-refractivity contribution in [1.29, 1.82) is 0 Å². The molecule has 0 saturated carbocycles. The van der Waals surface area contributed by atoms with Crippen LogP contribution in [0.5, 0.6) is 0 Å². The fourth-order valence-electron chi connectivity index (χ4n) is 6.66. The van der Waals surface area contributed by atoms with E-state index in [1.54, 1.807) is 0 Å². The molecule has 0 bridgehead atoms. The molecule has 2 heteroatoms. The molecule has 0 spiro atoms. The van der Waals surface area contributed by atoms with Gasteiger partial charge >= 0.3 is 0 Å². The second-order valence-electron chi connectivity index (χ2n) is 10.4. The topological polar surface area (TPSA) is 13.1 Å².